The van der Waals surface area contributed by atoms with Crippen LogP contribution in [0.25, 0.3) is 0 Å². The molecular formula is C21H30O4. The lowest BCUT2D eigenvalue weighted by atomic mass is 9.90. The molecule has 0 aromatic heterocycles. The summed E-state index contributed by atoms with van der Waals surface area (Å²) in [5.74, 6) is -0.950. The molecule has 1 aromatic carbocycles. The van der Waals surface area contributed by atoms with Crippen LogP contribution in [-0.2, 0) is 14.3 Å². The number of aliphatic carboxylic acids is 1. The largest absolute Gasteiger partial charge is 0.481 e. The van der Waals surface area contributed by atoms with E-state index >= 15 is 0 Å². The summed E-state index contributed by atoms with van der Waals surface area (Å²) in [4.78, 5) is 10.5. The zero-order valence-electron chi connectivity index (χ0n) is 15.3. The molecule has 4 heteroatoms. The summed E-state index contributed by atoms with van der Waals surface area (Å²) in [6.07, 6.45) is 8.49. The van der Waals surface area contributed by atoms with Gasteiger partial charge in [-0.25, -0.2) is 0 Å². The summed E-state index contributed by atoms with van der Waals surface area (Å²) in [6.45, 7) is 4.89. The van der Waals surface area contributed by atoms with E-state index in [1.807, 2.05) is 18.2 Å². The molecule has 0 amide bonds. The van der Waals surface area contributed by atoms with Gasteiger partial charge in [-0.3, -0.25) is 4.79 Å². The van der Waals surface area contributed by atoms with Gasteiger partial charge in [0.05, 0.1) is 12.7 Å². The first-order valence-corrected chi connectivity index (χ1v) is 9.33. The summed E-state index contributed by atoms with van der Waals surface area (Å²) in [6, 6.07) is 10.4. The van der Waals surface area contributed by atoms with Crippen molar-refractivity contribution in [2.75, 3.05) is 6.61 Å². The van der Waals surface area contributed by atoms with Crippen LogP contribution in [-0.4, -0.2) is 23.5 Å². The minimum absolute atomic E-state index is 0.0264. The Kier molecular flexibility index (Phi) is 7.66. The summed E-state index contributed by atoms with van der Waals surface area (Å²) < 4.78 is 12.6. The monoisotopic (exact) mass is 346 g/mol. The standard InChI is InChI=1S/C21H30O4/c1-3-21(4-2)24-16-18(14-8-5-6-11-15-19(22)23)20(25-21)17-12-9-7-10-13-17/h5,7-10,12-13,18,20H,3-4,6,11,14-16H2,1-2H3,(H,22,23)/t18-,20-/m1/s1. The summed E-state index contributed by atoms with van der Waals surface area (Å²) >= 11 is 0. The average Bonchev–Trinajstić information content (AvgIpc) is 2.65. The lowest BCUT2D eigenvalue weighted by Gasteiger charge is -2.44. The van der Waals surface area contributed by atoms with Gasteiger partial charge < -0.3 is 14.6 Å². The Hall–Kier alpha value is -1.65. The number of unbranched alkanes of at least 4 members (excludes halogenated alkanes) is 1. The van der Waals surface area contributed by atoms with Gasteiger partial charge in [0.2, 0.25) is 0 Å². The van der Waals surface area contributed by atoms with Crippen LogP contribution in [0.2, 0.25) is 0 Å². The molecule has 1 aromatic rings. The molecule has 0 unspecified atom stereocenters. The van der Waals surface area contributed by atoms with Crippen LogP contribution in [0.15, 0.2) is 42.5 Å². The fraction of sp³-hybridized carbons (Fsp3) is 0.571. The number of carbonyl (C=O) groups is 1. The third-order valence-corrected chi connectivity index (χ3v) is 4.90. The number of allylic oxidation sites excluding steroid dienone is 2. The molecule has 0 saturated carbocycles. The molecule has 4 nitrogen and oxygen atoms in total. The van der Waals surface area contributed by atoms with Crippen LogP contribution < -0.4 is 0 Å². The molecule has 1 aliphatic rings. The van der Waals surface area contributed by atoms with Gasteiger partial charge in [0, 0.05) is 12.3 Å². The van der Waals surface area contributed by atoms with Crippen LogP contribution in [0.4, 0.5) is 0 Å². The van der Waals surface area contributed by atoms with Crippen LogP contribution in [0.1, 0.15) is 64.0 Å². The predicted molar refractivity (Wildman–Crippen MR) is 98.3 cm³/mol. The number of hydrogen-bond donors (Lipinski definition) is 1. The molecule has 25 heavy (non-hydrogen) atoms. The Morgan fingerprint density at radius 3 is 2.60 bits per heavy atom. The summed E-state index contributed by atoms with van der Waals surface area (Å²) in [5.41, 5.74) is 1.20. The quantitative estimate of drug-likeness (QED) is 0.499. The number of ether oxygens (including phenoxy) is 2. The Bertz CT molecular complexity index is 548. The fourth-order valence-electron chi connectivity index (χ4n) is 3.26. The van der Waals surface area contributed by atoms with Crippen molar-refractivity contribution in [2.24, 2.45) is 5.92 Å². The van der Waals surface area contributed by atoms with E-state index in [1.165, 1.54) is 5.56 Å². The van der Waals surface area contributed by atoms with Crippen molar-refractivity contribution in [3.63, 3.8) is 0 Å². The van der Waals surface area contributed by atoms with E-state index in [0.717, 1.165) is 25.7 Å². The van der Waals surface area contributed by atoms with Gasteiger partial charge in [-0.2, -0.15) is 0 Å². The van der Waals surface area contributed by atoms with Crippen molar-refractivity contribution in [1.29, 1.82) is 0 Å². The van der Waals surface area contributed by atoms with Crippen molar-refractivity contribution in [3.05, 3.63) is 48.0 Å². The van der Waals surface area contributed by atoms with Crippen molar-refractivity contribution in [1.82, 2.24) is 0 Å². The SMILES string of the molecule is CCC1(CC)OC[C@@H](CC=CCCCC(=O)O)[C@@H](c2ccccc2)O1. The molecule has 1 saturated heterocycles. The van der Waals surface area contributed by atoms with Gasteiger partial charge in [-0.05, 0) is 37.7 Å². The number of hydrogen-bond acceptors (Lipinski definition) is 3. The lowest BCUT2D eigenvalue weighted by Crippen LogP contribution is -2.44. The third kappa shape index (κ3) is 5.68. The second-order valence-electron chi connectivity index (χ2n) is 6.63. The molecule has 0 spiro atoms. The molecule has 0 radical (unpaired) electrons. The highest BCUT2D eigenvalue weighted by Gasteiger charge is 2.40. The van der Waals surface area contributed by atoms with Crippen molar-refractivity contribution in [3.8, 4) is 0 Å². The number of benzene rings is 1. The first-order valence-electron chi connectivity index (χ1n) is 9.33. The van der Waals surface area contributed by atoms with Crippen molar-refractivity contribution < 1.29 is 19.4 Å². The van der Waals surface area contributed by atoms with Crippen molar-refractivity contribution >= 4 is 5.97 Å². The van der Waals surface area contributed by atoms with Gasteiger partial charge in [-0.15, -0.1) is 0 Å². The summed E-state index contributed by atoms with van der Waals surface area (Å²) in [7, 11) is 0. The zero-order chi connectivity index (χ0) is 18.1. The fourth-order valence-corrected chi connectivity index (χ4v) is 3.26. The second-order valence-corrected chi connectivity index (χ2v) is 6.63. The molecule has 2 atom stereocenters. The van der Waals surface area contributed by atoms with Gasteiger partial charge in [0.1, 0.15) is 0 Å². The number of carboxylic acids is 1. The highest BCUT2D eigenvalue weighted by Crippen LogP contribution is 2.41. The van der Waals surface area contributed by atoms with Gasteiger partial charge >= 0.3 is 5.97 Å². The topological polar surface area (TPSA) is 55.8 Å². The van der Waals surface area contributed by atoms with E-state index in [1.54, 1.807) is 0 Å². The van der Waals surface area contributed by atoms with Crippen LogP contribution in [0.3, 0.4) is 0 Å². The molecule has 1 N–H and O–H groups in total. The van der Waals surface area contributed by atoms with Crippen LogP contribution in [0, 0.1) is 5.92 Å². The Morgan fingerprint density at radius 1 is 1.24 bits per heavy atom. The molecule has 0 bridgehead atoms. The Balaban J connectivity index is 2.00. The highest BCUT2D eigenvalue weighted by molar-refractivity contribution is 5.66. The van der Waals surface area contributed by atoms with Crippen LogP contribution in [0.5, 0.6) is 0 Å². The maximum atomic E-state index is 10.5. The second kappa shape index (κ2) is 9.73. The third-order valence-electron chi connectivity index (χ3n) is 4.90. The highest BCUT2D eigenvalue weighted by atomic mass is 16.7. The smallest absolute Gasteiger partial charge is 0.303 e. The summed E-state index contributed by atoms with van der Waals surface area (Å²) in [5, 5.41) is 8.67. The predicted octanol–water partition coefficient (Wildman–Crippen LogP) is 5.11. The molecule has 0 aliphatic carbocycles. The molecule has 2 rings (SSSR count). The Labute approximate surface area is 150 Å². The first kappa shape index (κ1) is 19.7. The molecule has 1 heterocycles. The zero-order valence-corrected chi connectivity index (χ0v) is 15.3. The average molecular weight is 346 g/mol. The number of carboxylic acid groups (broad SMARTS) is 1. The first-order chi connectivity index (χ1) is 12.1. The lowest BCUT2D eigenvalue weighted by molar-refractivity contribution is -0.316. The van der Waals surface area contributed by atoms with Gasteiger partial charge in [0.25, 0.3) is 0 Å². The molecule has 1 aliphatic heterocycles. The van der Waals surface area contributed by atoms with Gasteiger partial charge in [0.15, 0.2) is 5.79 Å². The van der Waals surface area contributed by atoms with Crippen LogP contribution >= 0.6 is 0 Å². The minimum atomic E-state index is -0.734. The number of rotatable bonds is 9. The van der Waals surface area contributed by atoms with E-state index in [0.29, 0.717) is 13.0 Å². The normalized spacial score (nSPS) is 23.0. The van der Waals surface area contributed by atoms with E-state index < -0.39 is 11.8 Å². The minimum Gasteiger partial charge on any atom is -0.481 e. The van der Waals surface area contributed by atoms with Crippen molar-refractivity contribution in [2.45, 2.75) is 64.3 Å². The van der Waals surface area contributed by atoms with Gasteiger partial charge in [-0.1, -0.05) is 56.3 Å². The maximum absolute atomic E-state index is 10.5. The van der Waals surface area contributed by atoms with E-state index in [-0.39, 0.29) is 18.4 Å². The molecule has 138 valence electrons. The van der Waals surface area contributed by atoms with E-state index in [4.69, 9.17) is 14.6 Å². The van der Waals surface area contributed by atoms with E-state index in [2.05, 4.69) is 38.1 Å². The Morgan fingerprint density at radius 2 is 1.96 bits per heavy atom. The van der Waals surface area contributed by atoms with E-state index in [9.17, 15) is 4.79 Å². The molecule has 1 fully saturated rings. The molecular weight excluding hydrogens is 316 g/mol. The maximum Gasteiger partial charge on any atom is 0.303 e.